The van der Waals surface area contributed by atoms with Crippen molar-refractivity contribution < 1.29 is 36.6 Å². The van der Waals surface area contributed by atoms with Crippen molar-refractivity contribution >= 4 is 21.7 Å². The van der Waals surface area contributed by atoms with Crippen molar-refractivity contribution in [1.82, 2.24) is 4.90 Å². The highest BCUT2D eigenvalue weighted by Crippen LogP contribution is 2.25. The summed E-state index contributed by atoms with van der Waals surface area (Å²) in [4.78, 5) is 26.5. The number of hydrogen-bond acceptors (Lipinski definition) is 8. The highest BCUT2D eigenvalue weighted by Gasteiger charge is 2.25. The van der Waals surface area contributed by atoms with Gasteiger partial charge in [-0.1, -0.05) is 18.2 Å². The highest BCUT2D eigenvalue weighted by atomic mass is 32.2. The SMILES string of the molecule is COC(=O)CN(Cc1cc(OC)cc(OC)c1)C(=O)c1ccc(CS(=O)(=O)c2ccccc2)o1. The molecule has 0 fully saturated rings. The number of rotatable bonds is 10. The average Bonchev–Trinajstić information content (AvgIpc) is 3.30. The molecule has 0 N–H and O–H groups in total. The third-order valence-corrected chi connectivity index (χ3v) is 6.58. The van der Waals surface area contributed by atoms with Crippen LogP contribution in [0.15, 0.2) is 70.0 Å². The molecule has 3 rings (SSSR count). The van der Waals surface area contributed by atoms with Gasteiger partial charge in [0, 0.05) is 12.6 Å². The van der Waals surface area contributed by atoms with E-state index in [0.717, 1.165) is 0 Å². The molecular weight excluding hydrogens is 462 g/mol. The summed E-state index contributed by atoms with van der Waals surface area (Å²) >= 11 is 0. The second kappa shape index (κ2) is 10.9. The molecule has 0 spiro atoms. The molecule has 1 amide bonds. The minimum Gasteiger partial charge on any atom is -0.497 e. The second-order valence-electron chi connectivity index (χ2n) is 7.30. The number of furan rings is 1. The maximum Gasteiger partial charge on any atom is 0.325 e. The molecular formula is C24H25NO8S. The fourth-order valence-electron chi connectivity index (χ4n) is 3.22. The summed E-state index contributed by atoms with van der Waals surface area (Å²) in [6.45, 7) is -0.312. The van der Waals surface area contributed by atoms with Gasteiger partial charge in [0.15, 0.2) is 15.6 Å². The van der Waals surface area contributed by atoms with Gasteiger partial charge in [0.25, 0.3) is 5.91 Å². The molecule has 180 valence electrons. The van der Waals surface area contributed by atoms with E-state index < -0.39 is 27.5 Å². The maximum absolute atomic E-state index is 13.2. The van der Waals surface area contributed by atoms with E-state index in [9.17, 15) is 18.0 Å². The van der Waals surface area contributed by atoms with Crippen molar-refractivity contribution in [2.24, 2.45) is 0 Å². The Morgan fingerprint density at radius 1 is 0.912 bits per heavy atom. The summed E-state index contributed by atoms with van der Waals surface area (Å²) in [5, 5.41) is 0. The summed E-state index contributed by atoms with van der Waals surface area (Å²) in [6, 6.07) is 15.9. The second-order valence-corrected chi connectivity index (χ2v) is 9.29. The number of esters is 1. The van der Waals surface area contributed by atoms with Crippen molar-refractivity contribution in [2.75, 3.05) is 27.9 Å². The van der Waals surface area contributed by atoms with Crippen LogP contribution in [0, 0.1) is 0 Å². The lowest BCUT2D eigenvalue weighted by molar-refractivity contribution is -0.141. The van der Waals surface area contributed by atoms with Gasteiger partial charge in [-0.25, -0.2) is 8.42 Å². The first-order valence-corrected chi connectivity index (χ1v) is 11.9. The average molecular weight is 488 g/mol. The van der Waals surface area contributed by atoms with Crippen LogP contribution < -0.4 is 9.47 Å². The molecule has 0 radical (unpaired) electrons. The Bertz CT molecular complexity index is 1230. The molecule has 0 aliphatic rings. The van der Waals surface area contributed by atoms with E-state index in [2.05, 4.69) is 0 Å². The quantitative estimate of drug-likeness (QED) is 0.401. The van der Waals surface area contributed by atoms with Gasteiger partial charge in [-0.15, -0.1) is 0 Å². The van der Waals surface area contributed by atoms with E-state index in [1.807, 2.05) is 0 Å². The number of benzene rings is 2. The monoisotopic (exact) mass is 487 g/mol. The van der Waals surface area contributed by atoms with Crippen LogP contribution in [0.5, 0.6) is 11.5 Å². The molecule has 34 heavy (non-hydrogen) atoms. The van der Waals surface area contributed by atoms with Gasteiger partial charge in [-0.3, -0.25) is 9.59 Å². The van der Waals surface area contributed by atoms with E-state index in [1.54, 1.807) is 36.4 Å². The van der Waals surface area contributed by atoms with Crippen molar-refractivity contribution in [2.45, 2.75) is 17.2 Å². The van der Waals surface area contributed by atoms with Crippen LogP contribution >= 0.6 is 0 Å². The zero-order valence-electron chi connectivity index (χ0n) is 19.0. The molecule has 0 bridgehead atoms. The number of carbonyl (C=O) groups excluding carboxylic acids is 2. The summed E-state index contributed by atoms with van der Waals surface area (Å²) < 4.78 is 46.0. The summed E-state index contributed by atoms with van der Waals surface area (Å²) in [6.07, 6.45) is 0. The molecule has 0 unspecified atom stereocenters. The zero-order valence-corrected chi connectivity index (χ0v) is 19.8. The summed E-state index contributed by atoms with van der Waals surface area (Å²) in [5.74, 6) is -0.589. The van der Waals surface area contributed by atoms with Crippen molar-refractivity contribution in [3.63, 3.8) is 0 Å². The minimum absolute atomic E-state index is 0.0276. The molecule has 0 aliphatic heterocycles. The first-order valence-electron chi connectivity index (χ1n) is 10.2. The van der Waals surface area contributed by atoms with Gasteiger partial charge in [0.05, 0.1) is 26.2 Å². The summed E-state index contributed by atoms with van der Waals surface area (Å²) in [7, 11) is 0.575. The van der Waals surface area contributed by atoms with Crippen LogP contribution in [0.2, 0.25) is 0 Å². The smallest absolute Gasteiger partial charge is 0.325 e. The molecule has 3 aromatic rings. The Balaban J connectivity index is 1.84. The van der Waals surface area contributed by atoms with Crippen LogP contribution in [-0.2, 0) is 31.7 Å². The van der Waals surface area contributed by atoms with E-state index in [1.165, 1.54) is 50.5 Å². The van der Waals surface area contributed by atoms with Gasteiger partial charge in [0.2, 0.25) is 0 Å². The zero-order chi connectivity index (χ0) is 24.7. The fraction of sp³-hybridized carbons (Fsp3) is 0.250. The molecule has 1 aromatic heterocycles. The lowest BCUT2D eigenvalue weighted by atomic mass is 10.1. The molecule has 0 saturated heterocycles. The van der Waals surface area contributed by atoms with E-state index in [0.29, 0.717) is 17.1 Å². The van der Waals surface area contributed by atoms with E-state index in [4.69, 9.17) is 18.6 Å². The number of methoxy groups -OCH3 is 3. The number of sulfone groups is 1. The predicted molar refractivity (Wildman–Crippen MR) is 122 cm³/mol. The third-order valence-electron chi connectivity index (χ3n) is 4.93. The van der Waals surface area contributed by atoms with Crippen molar-refractivity contribution in [3.8, 4) is 11.5 Å². The molecule has 0 saturated carbocycles. The fourth-order valence-corrected chi connectivity index (χ4v) is 4.49. The lowest BCUT2D eigenvalue weighted by Crippen LogP contribution is -2.35. The Kier molecular flexibility index (Phi) is 7.95. The Morgan fingerprint density at radius 2 is 1.56 bits per heavy atom. The first-order chi connectivity index (χ1) is 16.2. The topological polar surface area (TPSA) is 112 Å². The first kappa shape index (κ1) is 24.8. The molecule has 10 heteroatoms. The highest BCUT2D eigenvalue weighted by molar-refractivity contribution is 7.90. The Labute approximate surface area is 197 Å². The van der Waals surface area contributed by atoms with Crippen LogP contribution in [0.25, 0.3) is 0 Å². The van der Waals surface area contributed by atoms with Crippen LogP contribution in [0.4, 0.5) is 0 Å². The van der Waals surface area contributed by atoms with Gasteiger partial charge >= 0.3 is 5.97 Å². The van der Waals surface area contributed by atoms with Gasteiger partial charge < -0.3 is 23.5 Å². The number of hydrogen-bond donors (Lipinski definition) is 0. The standard InChI is InChI=1S/C24H25NO8S/c1-30-19-11-17(12-20(13-19)31-2)14-25(15-23(26)32-3)24(27)22-10-9-18(33-22)16-34(28,29)21-7-5-4-6-8-21/h4-13H,14-16H2,1-3H3. The Hall–Kier alpha value is -3.79. The number of amides is 1. The third kappa shape index (κ3) is 6.16. The number of ether oxygens (including phenoxy) is 3. The molecule has 1 heterocycles. The molecule has 9 nitrogen and oxygen atoms in total. The number of carbonyl (C=O) groups is 2. The molecule has 2 aromatic carbocycles. The van der Waals surface area contributed by atoms with Crippen LogP contribution in [0.1, 0.15) is 21.9 Å². The predicted octanol–water partition coefficient (Wildman–Crippen LogP) is 3.09. The normalized spacial score (nSPS) is 11.0. The lowest BCUT2D eigenvalue weighted by Gasteiger charge is -2.21. The van der Waals surface area contributed by atoms with Crippen LogP contribution in [0.3, 0.4) is 0 Å². The van der Waals surface area contributed by atoms with Gasteiger partial charge in [0.1, 0.15) is 29.6 Å². The number of nitrogens with zero attached hydrogens (tertiary/aromatic N) is 1. The van der Waals surface area contributed by atoms with Crippen molar-refractivity contribution in [3.05, 3.63) is 77.7 Å². The minimum atomic E-state index is -3.65. The van der Waals surface area contributed by atoms with E-state index >= 15 is 0 Å². The van der Waals surface area contributed by atoms with Gasteiger partial charge in [-0.05, 0) is 42.0 Å². The summed E-state index contributed by atoms with van der Waals surface area (Å²) in [5.41, 5.74) is 0.645. The van der Waals surface area contributed by atoms with Crippen molar-refractivity contribution in [1.29, 1.82) is 0 Å². The molecule has 0 aliphatic carbocycles. The maximum atomic E-state index is 13.2. The Morgan fingerprint density at radius 3 is 2.15 bits per heavy atom. The van der Waals surface area contributed by atoms with Gasteiger partial charge in [-0.2, -0.15) is 0 Å². The van der Waals surface area contributed by atoms with E-state index in [-0.39, 0.29) is 29.5 Å². The largest absolute Gasteiger partial charge is 0.497 e. The molecule has 0 atom stereocenters. The van der Waals surface area contributed by atoms with Crippen LogP contribution in [-0.4, -0.2) is 53.1 Å².